The Hall–Kier alpha value is -2.45. The second-order valence-corrected chi connectivity index (χ2v) is 10.1. The van der Waals surface area contributed by atoms with Crippen molar-refractivity contribution in [2.75, 3.05) is 5.75 Å². The molecule has 7 nitrogen and oxygen atoms in total. The Morgan fingerprint density at radius 3 is 2.39 bits per heavy atom. The number of allylic oxidation sites excluding steroid dienone is 9. The molecule has 0 spiro atoms. The van der Waals surface area contributed by atoms with E-state index < -0.39 is 33.8 Å². The van der Waals surface area contributed by atoms with Crippen molar-refractivity contribution in [2.24, 2.45) is 5.41 Å². The first kappa shape index (κ1) is 26.6. The summed E-state index contributed by atoms with van der Waals surface area (Å²) in [5.74, 6) is -3.41. The topological polar surface area (TPSA) is 121 Å². The predicted octanol–water partition coefficient (Wildman–Crippen LogP) is 3.98. The number of rotatable bonds is 9. The number of carbonyl (C=O) groups excluding carboxylic acids is 1. The Morgan fingerprint density at radius 1 is 1.19 bits per heavy atom. The lowest BCUT2D eigenvalue weighted by molar-refractivity contribution is -0.140. The maximum atomic E-state index is 11.9. The monoisotopic (exact) mass is 451 g/mol. The Bertz CT molecular complexity index is 949. The van der Waals surface area contributed by atoms with Crippen molar-refractivity contribution < 1.29 is 27.7 Å². The van der Waals surface area contributed by atoms with Gasteiger partial charge < -0.3 is 10.4 Å². The molecule has 0 aromatic carbocycles. The van der Waals surface area contributed by atoms with Crippen LogP contribution in [0.15, 0.2) is 58.7 Å². The first-order valence-electron chi connectivity index (χ1n) is 10.1. The highest BCUT2D eigenvalue weighted by molar-refractivity contribution is 7.85. The van der Waals surface area contributed by atoms with Crippen molar-refractivity contribution in [3.8, 4) is 0 Å². The Kier molecular flexibility index (Phi) is 9.65. The summed E-state index contributed by atoms with van der Waals surface area (Å²) in [4.78, 5) is 23.0. The third kappa shape index (κ3) is 9.93. The molecular weight excluding hydrogens is 418 g/mol. The number of nitrogens with one attached hydrogen (secondary N) is 1. The minimum Gasteiger partial charge on any atom is -0.480 e. The highest BCUT2D eigenvalue weighted by atomic mass is 32.2. The average Bonchev–Trinajstić information content (AvgIpc) is 2.58. The highest BCUT2D eigenvalue weighted by Gasteiger charge is 2.26. The lowest BCUT2D eigenvalue weighted by atomic mass is 9.72. The predicted molar refractivity (Wildman–Crippen MR) is 122 cm³/mol. The average molecular weight is 452 g/mol. The fourth-order valence-electron chi connectivity index (χ4n) is 3.49. The molecule has 0 heterocycles. The van der Waals surface area contributed by atoms with Gasteiger partial charge in [-0.3, -0.25) is 9.35 Å². The van der Waals surface area contributed by atoms with Crippen molar-refractivity contribution >= 4 is 22.0 Å². The molecular formula is C23H33NO6S. The van der Waals surface area contributed by atoms with Gasteiger partial charge in [0.2, 0.25) is 5.91 Å². The normalized spacial score (nSPS) is 19.2. The smallest absolute Gasteiger partial charge is 0.327 e. The van der Waals surface area contributed by atoms with E-state index in [0.717, 1.165) is 18.1 Å². The first-order chi connectivity index (χ1) is 14.2. The van der Waals surface area contributed by atoms with Gasteiger partial charge in [0.05, 0.1) is 0 Å². The Balaban J connectivity index is 2.77. The van der Waals surface area contributed by atoms with Gasteiger partial charge in [0.25, 0.3) is 10.1 Å². The van der Waals surface area contributed by atoms with Gasteiger partial charge in [0.15, 0.2) is 0 Å². The van der Waals surface area contributed by atoms with Gasteiger partial charge in [-0.25, -0.2) is 4.79 Å². The maximum Gasteiger partial charge on any atom is 0.327 e. The zero-order valence-electron chi connectivity index (χ0n) is 18.8. The fourth-order valence-corrected chi connectivity index (χ4v) is 4.13. The van der Waals surface area contributed by atoms with Crippen molar-refractivity contribution in [3.05, 3.63) is 58.7 Å². The van der Waals surface area contributed by atoms with E-state index in [1.807, 2.05) is 13.0 Å². The summed E-state index contributed by atoms with van der Waals surface area (Å²) in [6.07, 6.45) is 14.3. The molecule has 1 aliphatic carbocycles. The largest absolute Gasteiger partial charge is 0.480 e. The van der Waals surface area contributed by atoms with Crippen molar-refractivity contribution in [2.45, 2.75) is 59.9 Å². The van der Waals surface area contributed by atoms with E-state index >= 15 is 0 Å². The molecule has 1 rings (SSSR count). The molecule has 1 atom stereocenters. The lowest BCUT2D eigenvalue weighted by Gasteiger charge is -2.32. The van der Waals surface area contributed by atoms with Crippen LogP contribution in [0.2, 0.25) is 0 Å². The van der Waals surface area contributed by atoms with Crippen LogP contribution in [0.1, 0.15) is 53.9 Å². The van der Waals surface area contributed by atoms with Crippen molar-refractivity contribution in [1.82, 2.24) is 5.32 Å². The van der Waals surface area contributed by atoms with Crippen LogP contribution >= 0.6 is 0 Å². The molecule has 3 N–H and O–H groups in total. The van der Waals surface area contributed by atoms with Crippen molar-refractivity contribution in [1.29, 1.82) is 0 Å². The standard InChI is InChI=1S/C23H33NO6S/c1-16(11-12-19-18(3)10-7-13-23(19,4)5)8-6-9-17(2)14-21(25)24-20(22(26)27)15-31(28,29)30/h6,8-9,11-12,14,20H,7,10,13,15H2,1-5H3,(H,24,25)(H,26,27)(H,28,29,30)/b9-6?,12-11?,16-8?,17-14+/t20-/m0/s1. The summed E-state index contributed by atoms with van der Waals surface area (Å²) in [6.45, 7) is 10.3. The van der Waals surface area contributed by atoms with E-state index in [1.54, 1.807) is 19.1 Å². The summed E-state index contributed by atoms with van der Waals surface area (Å²) < 4.78 is 30.5. The minimum absolute atomic E-state index is 0.171. The molecule has 0 saturated heterocycles. The molecule has 31 heavy (non-hydrogen) atoms. The van der Waals surface area contributed by atoms with Gasteiger partial charge in [-0.2, -0.15) is 8.42 Å². The van der Waals surface area contributed by atoms with Gasteiger partial charge in [-0.1, -0.05) is 55.4 Å². The van der Waals surface area contributed by atoms with Crippen LogP contribution in [0.5, 0.6) is 0 Å². The molecule has 0 radical (unpaired) electrons. The van der Waals surface area contributed by atoms with E-state index in [0.29, 0.717) is 5.57 Å². The summed E-state index contributed by atoms with van der Waals surface area (Å²) >= 11 is 0. The van der Waals surface area contributed by atoms with E-state index in [4.69, 9.17) is 9.66 Å². The summed E-state index contributed by atoms with van der Waals surface area (Å²) in [7, 11) is -4.54. The quantitative estimate of drug-likeness (QED) is 0.277. The molecule has 0 aromatic rings. The zero-order chi connectivity index (χ0) is 23.8. The third-order valence-corrected chi connectivity index (χ3v) is 5.88. The van der Waals surface area contributed by atoms with Crippen LogP contribution in [-0.2, 0) is 19.7 Å². The highest BCUT2D eigenvalue weighted by Crippen LogP contribution is 2.40. The number of aliphatic carboxylic acids is 1. The van der Waals surface area contributed by atoms with Crippen LogP contribution in [0, 0.1) is 5.41 Å². The van der Waals surface area contributed by atoms with Crippen molar-refractivity contribution in [3.63, 3.8) is 0 Å². The Morgan fingerprint density at radius 2 is 1.84 bits per heavy atom. The molecule has 0 fully saturated rings. The van der Waals surface area contributed by atoms with Gasteiger partial charge in [-0.05, 0) is 56.6 Å². The minimum atomic E-state index is -4.54. The molecule has 0 bridgehead atoms. The number of carbonyl (C=O) groups is 2. The molecule has 8 heteroatoms. The number of hydrogen-bond donors (Lipinski definition) is 3. The molecule has 0 aromatic heterocycles. The van der Waals surface area contributed by atoms with Gasteiger partial charge >= 0.3 is 5.97 Å². The van der Waals surface area contributed by atoms with Gasteiger partial charge in [0, 0.05) is 6.08 Å². The number of amides is 1. The lowest BCUT2D eigenvalue weighted by Crippen LogP contribution is -2.44. The molecule has 0 unspecified atom stereocenters. The van der Waals surface area contributed by atoms with Crippen LogP contribution in [0.25, 0.3) is 0 Å². The van der Waals surface area contributed by atoms with Crippen LogP contribution in [0.4, 0.5) is 0 Å². The van der Waals surface area contributed by atoms with Crippen LogP contribution in [0.3, 0.4) is 0 Å². The Labute approximate surface area is 185 Å². The second kappa shape index (κ2) is 11.2. The second-order valence-electron chi connectivity index (χ2n) is 8.57. The number of carboxylic acid groups (broad SMARTS) is 1. The number of hydrogen-bond acceptors (Lipinski definition) is 4. The van der Waals surface area contributed by atoms with Gasteiger partial charge in [-0.15, -0.1) is 0 Å². The summed E-state index contributed by atoms with van der Waals surface area (Å²) in [6, 6.07) is -1.73. The van der Waals surface area contributed by atoms with Crippen LogP contribution < -0.4 is 5.32 Å². The maximum absolute atomic E-state index is 11.9. The third-order valence-electron chi connectivity index (χ3n) is 5.12. The van der Waals surface area contributed by atoms with Crippen LogP contribution in [-0.4, -0.2) is 41.7 Å². The molecule has 0 saturated carbocycles. The fraction of sp³-hybridized carbons (Fsp3) is 0.478. The first-order valence-corrected chi connectivity index (χ1v) is 11.7. The summed E-state index contributed by atoms with van der Waals surface area (Å²) in [5, 5.41) is 11.0. The number of carboxylic acids is 1. The zero-order valence-corrected chi connectivity index (χ0v) is 19.6. The van der Waals surface area contributed by atoms with E-state index in [1.165, 1.54) is 24.0 Å². The SMILES string of the molecule is CC(C=CC1=C(C)CCCC1(C)C)=CC=C/C(C)=C/C(=O)N[C@@H](CS(=O)(=O)O)C(=O)O. The molecule has 172 valence electrons. The molecule has 1 amide bonds. The van der Waals surface area contributed by atoms with E-state index in [9.17, 15) is 18.0 Å². The van der Waals surface area contributed by atoms with E-state index in [-0.39, 0.29) is 5.41 Å². The van der Waals surface area contributed by atoms with Gasteiger partial charge in [0.1, 0.15) is 11.8 Å². The molecule has 0 aliphatic heterocycles. The summed E-state index contributed by atoms with van der Waals surface area (Å²) in [5.41, 5.74) is 4.56. The molecule has 1 aliphatic rings. The van der Waals surface area contributed by atoms with E-state index in [2.05, 4.69) is 38.2 Å².